The van der Waals surface area contributed by atoms with Gasteiger partial charge in [-0.15, -0.1) is 0 Å². The van der Waals surface area contributed by atoms with Crippen LogP contribution in [0.5, 0.6) is 0 Å². The van der Waals surface area contributed by atoms with Crippen molar-refractivity contribution < 1.29 is 0 Å². The molecule has 0 amide bonds. The number of hydrogen-bond donors (Lipinski definition) is 0. The van der Waals surface area contributed by atoms with E-state index in [1.807, 2.05) is 84.9 Å². The second kappa shape index (κ2) is 21.1. The second-order valence-electron chi connectivity index (χ2n) is 20.5. The molecule has 0 atom stereocenters. The number of nitriles is 3. The van der Waals surface area contributed by atoms with Crippen molar-refractivity contribution >= 4 is 83.4 Å². The van der Waals surface area contributed by atoms with Gasteiger partial charge >= 0.3 is 0 Å². The SMILES string of the molecule is [C-]#[N+]c1ccc(-c2c(C#N)c(-c3ccc(C#N)cc3)c(-n3c4ccccc4c4cc(N(c5ccccc5)c5ccccc5)ccc43)c(-c3ccc(C#N)cc3)c2-n2c3ccccc3c3cc(N(c4ccccc4)c4ccccc4)ccc32)cc1. The van der Waals surface area contributed by atoms with Gasteiger partial charge in [0.15, 0.2) is 5.69 Å². The van der Waals surface area contributed by atoms with Gasteiger partial charge in [-0.25, -0.2) is 4.85 Å². The quantitative estimate of drug-likeness (QED) is 0.120. The molecule has 0 bridgehead atoms. The van der Waals surface area contributed by atoms with Gasteiger partial charge in [-0.1, -0.05) is 158 Å². The fourth-order valence-electron chi connectivity index (χ4n) is 12.1. The summed E-state index contributed by atoms with van der Waals surface area (Å²) in [6.07, 6.45) is 0. The molecule has 14 rings (SSSR count). The fourth-order valence-corrected chi connectivity index (χ4v) is 12.1. The lowest BCUT2D eigenvalue weighted by molar-refractivity contribution is 1.13. The molecule has 0 saturated carbocycles. The lowest BCUT2D eigenvalue weighted by Gasteiger charge is -2.28. The molecular formula is C76H46N8. The van der Waals surface area contributed by atoms with Crippen LogP contribution in [0.4, 0.5) is 39.8 Å². The Bertz CT molecular complexity index is 4660. The first kappa shape index (κ1) is 50.0. The fraction of sp³-hybridized carbons (Fsp3) is 0. The van der Waals surface area contributed by atoms with Gasteiger partial charge in [0, 0.05) is 72.4 Å². The van der Waals surface area contributed by atoms with Gasteiger partial charge in [-0.3, -0.25) is 0 Å². The Balaban J connectivity index is 1.17. The van der Waals surface area contributed by atoms with E-state index in [4.69, 9.17) is 6.57 Å². The molecular weight excluding hydrogens is 1020 g/mol. The first-order chi connectivity index (χ1) is 41.5. The van der Waals surface area contributed by atoms with E-state index in [2.05, 4.69) is 224 Å². The number of rotatable bonds is 11. The monoisotopic (exact) mass is 1070 g/mol. The highest BCUT2D eigenvalue weighted by Crippen LogP contribution is 2.53. The van der Waals surface area contributed by atoms with Crippen molar-refractivity contribution in [2.45, 2.75) is 0 Å². The lowest BCUT2D eigenvalue weighted by Crippen LogP contribution is -2.11. The number of anilines is 6. The molecule has 390 valence electrons. The van der Waals surface area contributed by atoms with Crippen LogP contribution in [0.15, 0.2) is 279 Å². The molecule has 14 aromatic rings. The minimum Gasteiger partial charge on any atom is -0.310 e. The Morgan fingerprint density at radius 2 is 0.643 bits per heavy atom. The molecule has 0 aliphatic rings. The Labute approximate surface area is 485 Å². The molecule has 8 heteroatoms. The second-order valence-corrected chi connectivity index (χ2v) is 20.5. The van der Waals surface area contributed by atoms with Gasteiger partial charge < -0.3 is 18.9 Å². The van der Waals surface area contributed by atoms with Crippen molar-refractivity contribution in [3.05, 3.63) is 307 Å². The summed E-state index contributed by atoms with van der Waals surface area (Å²) in [5.74, 6) is 0. The maximum atomic E-state index is 12.4. The van der Waals surface area contributed by atoms with Crippen LogP contribution >= 0.6 is 0 Å². The van der Waals surface area contributed by atoms with Crippen LogP contribution in [0.2, 0.25) is 0 Å². The molecule has 12 aromatic carbocycles. The highest BCUT2D eigenvalue weighted by atomic mass is 15.1. The third-order valence-electron chi connectivity index (χ3n) is 15.8. The Morgan fingerprint density at radius 3 is 1.00 bits per heavy atom. The third kappa shape index (κ3) is 8.44. The van der Waals surface area contributed by atoms with E-state index in [1.165, 1.54) is 0 Å². The van der Waals surface area contributed by atoms with E-state index >= 15 is 0 Å². The van der Waals surface area contributed by atoms with Gasteiger partial charge in [-0.2, -0.15) is 15.8 Å². The minimum absolute atomic E-state index is 0.390. The van der Waals surface area contributed by atoms with E-state index in [0.29, 0.717) is 33.5 Å². The molecule has 0 fully saturated rings. The molecule has 2 aromatic heterocycles. The number of aromatic nitrogens is 2. The zero-order chi connectivity index (χ0) is 56.7. The van der Waals surface area contributed by atoms with Crippen molar-refractivity contribution in [2.24, 2.45) is 0 Å². The highest BCUT2D eigenvalue weighted by Gasteiger charge is 2.33. The van der Waals surface area contributed by atoms with Crippen LogP contribution in [0.25, 0.3) is 93.2 Å². The number of nitrogens with zero attached hydrogens (tertiary/aromatic N) is 8. The summed E-state index contributed by atoms with van der Waals surface area (Å²) in [5, 5.41) is 37.0. The zero-order valence-electron chi connectivity index (χ0n) is 45.1. The van der Waals surface area contributed by atoms with Crippen LogP contribution < -0.4 is 9.80 Å². The van der Waals surface area contributed by atoms with Gasteiger partial charge in [-0.05, 0) is 138 Å². The van der Waals surface area contributed by atoms with Crippen LogP contribution in [0, 0.1) is 40.6 Å². The third-order valence-corrected chi connectivity index (χ3v) is 15.8. The van der Waals surface area contributed by atoms with Crippen LogP contribution in [0.1, 0.15) is 16.7 Å². The molecule has 0 aliphatic carbocycles. The summed E-state index contributed by atoms with van der Waals surface area (Å²) in [7, 11) is 0. The van der Waals surface area contributed by atoms with E-state index in [1.54, 1.807) is 12.1 Å². The summed E-state index contributed by atoms with van der Waals surface area (Å²) in [6.45, 7) is 8.03. The number of benzene rings is 12. The summed E-state index contributed by atoms with van der Waals surface area (Å²) < 4.78 is 4.62. The average Bonchev–Trinajstić information content (AvgIpc) is 2.80. The highest BCUT2D eigenvalue weighted by molar-refractivity contribution is 6.16. The smallest absolute Gasteiger partial charge is 0.187 e. The summed E-state index contributed by atoms with van der Waals surface area (Å²) in [6, 6.07) is 102. The van der Waals surface area contributed by atoms with Crippen LogP contribution in [-0.2, 0) is 0 Å². The van der Waals surface area contributed by atoms with Crippen LogP contribution in [0.3, 0.4) is 0 Å². The summed E-state index contributed by atoms with van der Waals surface area (Å²) in [5.41, 5.74) is 17.1. The molecule has 0 saturated heterocycles. The minimum atomic E-state index is 0.390. The summed E-state index contributed by atoms with van der Waals surface area (Å²) >= 11 is 0. The Hall–Kier alpha value is -12.2. The van der Waals surface area contributed by atoms with Crippen molar-refractivity contribution in [1.29, 1.82) is 15.8 Å². The van der Waals surface area contributed by atoms with Gasteiger partial charge in [0.2, 0.25) is 0 Å². The van der Waals surface area contributed by atoms with Crippen molar-refractivity contribution in [2.75, 3.05) is 9.80 Å². The average molecular weight is 1070 g/mol. The predicted molar refractivity (Wildman–Crippen MR) is 341 cm³/mol. The number of para-hydroxylation sites is 6. The Kier molecular flexibility index (Phi) is 12.6. The van der Waals surface area contributed by atoms with Crippen LogP contribution in [-0.4, -0.2) is 9.13 Å². The normalized spacial score (nSPS) is 11.0. The van der Waals surface area contributed by atoms with Gasteiger partial charge in [0.05, 0.1) is 68.8 Å². The predicted octanol–water partition coefficient (Wildman–Crippen LogP) is 20.0. The van der Waals surface area contributed by atoms with E-state index in [0.717, 1.165) is 111 Å². The standard InChI is InChI=1S/C76H46N8/c1-80-56-40-38-54(39-41-56)73-67(50-79)72(53-34-30-51(48-77)31-35-53)75(83-68-28-16-14-26-63(68)65-46-61(42-44-70(65)83)81(57-18-6-2-7-19-57)58-20-8-3-9-21-58)74(55-36-32-52(49-78)33-37-55)76(73)84-69-29-17-15-27-64(69)66-47-62(43-45-71(66)84)82(59-22-10-4-11-23-59)60-24-12-5-13-25-60/h2-47H. The van der Waals surface area contributed by atoms with Crippen molar-refractivity contribution in [1.82, 2.24) is 9.13 Å². The Morgan fingerprint density at radius 1 is 0.310 bits per heavy atom. The molecule has 8 nitrogen and oxygen atoms in total. The van der Waals surface area contributed by atoms with Crippen molar-refractivity contribution in [3.63, 3.8) is 0 Å². The molecule has 0 N–H and O–H groups in total. The molecule has 0 aliphatic heterocycles. The maximum Gasteiger partial charge on any atom is 0.187 e. The van der Waals surface area contributed by atoms with E-state index in [-0.39, 0.29) is 0 Å². The lowest BCUT2D eigenvalue weighted by atomic mass is 9.83. The van der Waals surface area contributed by atoms with Crippen molar-refractivity contribution in [3.8, 4) is 63.0 Å². The molecule has 0 radical (unpaired) electrons. The van der Waals surface area contributed by atoms with Gasteiger partial charge in [0.1, 0.15) is 6.07 Å². The molecule has 0 unspecified atom stereocenters. The van der Waals surface area contributed by atoms with Gasteiger partial charge in [0.25, 0.3) is 0 Å². The molecule has 2 heterocycles. The topological polar surface area (TPSA) is 92.1 Å². The number of fused-ring (bicyclic) bond motifs is 6. The maximum absolute atomic E-state index is 12.4. The first-order valence-electron chi connectivity index (χ1n) is 27.5. The first-order valence-corrected chi connectivity index (χ1v) is 27.5. The molecule has 84 heavy (non-hydrogen) atoms. The number of hydrogen-bond acceptors (Lipinski definition) is 5. The summed E-state index contributed by atoms with van der Waals surface area (Å²) in [4.78, 5) is 8.34. The zero-order valence-corrected chi connectivity index (χ0v) is 45.1. The van der Waals surface area contributed by atoms with E-state index in [9.17, 15) is 15.8 Å². The largest absolute Gasteiger partial charge is 0.310 e. The molecule has 0 spiro atoms. The van der Waals surface area contributed by atoms with E-state index < -0.39 is 0 Å².